The molecule has 6 saturated heterocycles. The first kappa shape index (κ1) is 65.6. The summed E-state index contributed by atoms with van der Waals surface area (Å²) >= 11 is 0. The van der Waals surface area contributed by atoms with Crippen LogP contribution in [0.1, 0.15) is 99.3 Å². The molecule has 0 bridgehead atoms. The maximum Gasteiger partial charge on any atom is 0.187 e. The van der Waals surface area contributed by atoms with Gasteiger partial charge in [0.05, 0.1) is 56.4 Å². The third-order valence-electron chi connectivity index (χ3n) is 21.9. The van der Waals surface area contributed by atoms with Gasteiger partial charge in [-0.3, -0.25) is 0 Å². The smallest absolute Gasteiger partial charge is 0.187 e. The summed E-state index contributed by atoms with van der Waals surface area (Å²) in [5, 5.41) is 172. The van der Waals surface area contributed by atoms with Crippen molar-refractivity contribution in [1.82, 2.24) is 0 Å². The van der Waals surface area contributed by atoms with Gasteiger partial charge in [-0.25, -0.2) is 0 Å². The Balaban J connectivity index is 0.838. The fourth-order valence-electron chi connectivity index (χ4n) is 17.0. The van der Waals surface area contributed by atoms with Gasteiger partial charge in [-0.15, -0.1) is 0 Å². The third kappa shape index (κ3) is 11.6. The standard InChI is InChI=1S/C57H94O27/c1-20(19-74-50-43(68)39(64)36(61)31(17-58)79-50)10-13-57(73)21(2)34-30(84-57)16-29-27-9-8-25-14-26(78-51-46(71)41(66)49(23(4)76-51)83-54-45(70)40(65)37(62)32(18-59)80-54)15-33(56(25,7)28(27)11-12-55(29,34)6)81-52-47(72)42(67)48(24(5)77-52)82-53-44(69)38(63)35(60)22(3)75-53/h21-54,58-73H,1,8-19H2,2-7H3/t21?,22?,23?,24?,25?,26?,27?,28?,29?,30?,31?,32?,33?,34?,35?,36?,37?,38?,39?,40?,41?,42?,43?,44?,45?,46?,47?,48?,49?,50?,51?,52?,53?,54?,55-,56-,57+/m0/s1. The first-order valence-electron chi connectivity index (χ1n) is 30.2. The van der Waals surface area contributed by atoms with Crippen molar-refractivity contribution >= 4 is 0 Å². The van der Waals surface area contributed by atoms with Crippen molar-refractivity contribution in [2.75, 3.05) is 19.8 Å². The number of aliphatic hydroxyl groups is 16. The average molecular weight is 1210 g/mol. The van der Waals surface area contributed by atoms with Crippen LogP contribution in [0.4, 0.5) is 0 Å². The van der Waals surface area contributed by atoms with E-state index in [0.717, 1.165) is 25.7 Å². The van der Waals surface area contributed by atoms with E-state index >= 15 is 0 Å². The minimum Gasteiger partial charge on any atom is -0.394 e. The third-order valence-corrected chi connectivity index (χ3v) is 21.9. The van der Waals surface area contributed by atoms with E-state index in [1.807, 2.05) is 6.92 Å². The molecule has 27 nitrogen and oxygen atoms in total. The summed E-state index contributed by atoms with van der Waals surface area (Å²) in [5.41, 5.74) is -0.293. The van der Waals surface area contributed by atoms with E-state index in [1.165, 1.54) is 6.92 Å². The highest BCUT2D eigenvalue weighted by atomic mass is 16.8. The number of ether oxygens (including phenoxy) is 11. The van der Waals surface area contributed by atoms with Gasteiger partial charge in [0.25, 0.3) is 0 Å². The van der Waals surface area contributed by atoms with Gasteiger partial charge < -0.3 is 134 Å². The summed E-state index contributed by atoms with van der Waals surface area (Å²) in [6.07, 6.45) is -33.3. The van der Waals surface area contributed by atoms with Crippen molar-refractivity contribution in [1.29, 1.82) is 0 Å². The minimum atomic E-state index is -1.78. The van der Waals surface area contributed by atoms with Crippen LogP contribution in [0.3, 0.4) is 0 Å². The van der Waals surface area contributed by atoms with Crippen LogP contribution in [-0.4, -0.2) is 279 Å². The molecule has 4 saturated carbocycles. The molecule has 0 aromatic rings. The molecule has 0 aromatic carbocycles. The minimum absolute atomic E-state index is 0.00347. The Morgan fingerprint density at radius 2 is 1.02 bits per heavy atom. The van der Waals surface area contributed by atoms with Crippen molar-refractivity contribution in [3.05, 3.63) is 12.2 Å². The molecular weight excluding hydrogens is 1120 g/mol. The molecule has 6 heterocycles. The molecule has 10 aliphatic rings. The molecule has 0 spiro atoms. The highest BCUT2D eigenvalue weighted by Crippen LogP contribution is 2.71. The zero-order valence-corrected chi connectivity index (χ0v) is 48.5. The molecule has 6 aliphatic heterocycles. The Labute approximate surface area is 487 Å². The van der Waals surface area contributed by atoms with Crippen LogP contribution >= 0.6 is 0 Å². The first-order valence-corrected chi connectivity index (χ1v) is 30.2. The van der Waals surface area contributed by atoms with Crippen LogP contribution in [0.5, 0.6) is 0 Å². The van der Waals surface area contributed by atoms with Crippen LogP contribution in [0.2, 0.25) is 0 Å². The Kier molecular flexibility index (Phi) is 19.8. The average Bonchev–Trinajstić information content (AvgIpc) is 3.35. The zero-order valence-electron chi connectivity index (χ0n) is 48.5. The topological polar surface area (TPSA) is 425 Å². The van der Waals surface area contributed by atoms with Gasteiger partial charge in [-0.2, -0.15) is 0 Å². The lowest BCUT2D eigenvalue weighted by Crippen LogP contribution is -2.65. The highest BCUT2D eigenvalue weighted by Gasteiger charge is 2.70. The van der Waals surface area contributed by atoms with Gasteiger partial charge in [-0.05, 0) is 106 Å². The molecule has 484 valence electrons. The lowest BCUT2D eigenvalue weighted by Gasteiger charge is -2.63. The Morgan fingerprint density at radius 1 is 0.524 bits per heavy atom. The number of rotatable bonds is 16. The molecule has 0 aromatic heterocycles. The zero-order chi connectivity index (χ0) is 61.0. The van der Waals surface area contributed by atoms with Crippen LogP contribution in [0.15, 0.2) is 12.2 Å². The summed E-state index contributed by atoms with van der Waals surface area (Å²) in [6.45, 7) is 13.9. The molecule has 84 heavy (non-hydrogen) atoms. The summed E-state index contributed by atoms with van der Waals surface area (Å²) in [6, 6.07) is 0. The number of hydrogen-bond donors (Lipinski definition) is 16. The monoisotopic (exact) mass is 1210 g/mol. The van der Waals surface area contributed by atoms with Crippen molar-refractivity contribution in [2.24, 2.45) is 46.3 Å². The van der Waals surface area contributed by atoms with E-state index in [0.29, 0.717) is 24.8 Å². The summed E-state index contributed by atoms with van der Waals surface area (Å²) in [4.78, 5) is 0. The summed E-state index contributed by atoms with van der Waals surface area (Å²) in [5.74, 6) is -1.47. The van der Waals surface area contributed by atoms with Gasteiger partial charge in [0.15, 0.2) is 37.2 Å². The van der Waals surface area contributed by atoms with E-state index in [4.69, 9.17) is 52.1 Å². The molecular formula is C57H94O27. The number of aliphatic hydroxyl groups excluding tert-OH is 15. The second-order valence-electron chi connectivity index (χ2n) is 26.7. The van der Waals surface area contributed by atoms with Crippen molar-refractivity contribution < 1.29 is 134 Å². The lowest BCUT2D eigenvalue weighted by atomic mass is 9.43. The summed E-state index contributed by atoms with van der Waals surface area (Å²) < 4.78 is 67.2. The fraction of sp³-hybridized carbons (Fsp3) is 0.965. The largest absolute Gasteiger partial charge is 0.394 e. The van der Waals surface area contributed by atoms with Crippen molar-refractivity contribution in [3.8, 4) is 0 Å². The van der Waals surface area contributed by atoms with E-state index in [9.17, 15) is 81.7 Å². The molecule has 4 aliphatic carbocycles. The van der Waals surface area contributed by atoms with Gasteiger partial charge in [-0.1, -0.05) is 32.9 Å². The van der Waals surface area contributed by atoms with Gasteiger partial charge in [0.1, 0.15) is 104 Å². The number of fused-ring (bicyclic) bond motifs is 7. The second kappa shape index (κ2) is 25.4. The van der Waals surface area contributed by atoms with Gasteiger partial charge in [0, 0.05) is 18.8 Å². The van der Waals surface area contributed by atoms with Gasteiger partial charge in [0.2, 0.25) is 0 Å². The Bertz CT molecular complexity index is 2220. The predicted molar refractivity (Wildman–Crippen MR) is 281 cm³/mol. The van der Waals surface area contributed by atoms with Gasteiger partial charge >= 0.3 is 0 Å². The molecule has 0 amide bonds. The van der Waals surface area contributed by atoms with Crippen molar-refractivity contribution in [3.63, 3.8) is 0 Å². The molecule has 10 fully saturated rings. The maximum atomic E-state index is 12.3. The molecule has 10 rings (SSSR count). The molecule has 16 N–H and O–H groups in total. The SMILES string of the molecule is C=C(CC[C@@]1(O)OC2CC3C4CCC5CC(OC6OC(C)C(OC7OC(CO)C(O)C(O)C7O)C(O)C6O)CC(OC6OC(C)C(OC7OC(C)C(O)C(O)C7O)C(O)C6O)[C@]5(C)C4CC[C@]3(C)C2C1C)COC1OC(CO)C(O)C(O)C1O. The van der Waals surface area contributed by atoms with E-state index in [2.05, 4.69) is 20.4 Å². The first-order chi connectivity index (χ1) is 39.6. The van der Waals surface area contributed by atoms with Crippen LogP contribution in [0, 0.1) is 46.3 Å². The molecule has 0 radical (unpaired) electrons. The lowest BCUT2D eigenvalue weighted by molar-refractivity contribution is -0.371. The fourth-order valence-corrected chi connectivity index (χ4v) is 17.0. The normalized spacial score (nSPS) is 56.7. The van der Waals surface area contributed by atoms with E-state index in [-0.39, 0.29) is 66.5 Å². The van der Waals surface area contributed by atoms with Crippen LogP contribution < -0.4 is 0 Å². The summed E-state index contributed by atoms with van der Waals surface area (Å²) in [7, 11) is 0. The Hall–Kier alpha value is -1.34. The molecule has 27 heteroatoms. The quantitative estimate of drug-likeness (QED) is 0.0515. The second-order valence-corrected chi connectivity index (χ2v) is 26.7. The van der Waals surface area contributed by atoms with E-state index in [1.54, 1.807) is 13.8 Å². The van der Waals surface area contributed by atoms with Crippen molar-refractivity contribution in [2.45, 2.75) is 277 Å². The van der Waals surface area contributed by atoms with Crippen LogP contribution in [0.25, 0.3) is 0 Å². The molecule has 34 unspecified atom stereocenters. The maximum absolute atomic E-state index is 12.3. The highest BCUT2D eigenvalue weighted by molar-refractivity contribution is 5.17. The Morgan fingerprint density at radius 3 is 1.61 bits per heavy atom. The predicted octanol–water partition coefficient (Wildman–Crippen LogP) is -4.16. The number of hydrogen-bond acceptors (Lipinski definition) is 27. The molecule has 37 atom stereocenters. The van der Waals surface area contributed by atoms with Crippen LogP contribution in [-0.2, 0) is 52.1 Å². The van der Waals surface area contributed by atoms with E-state index < -0.39 is 190 Å².